The van der Waals surface area contributed by atoms with Crippen molar-refractivity contribution < 1.29 is 9.13 Å². The third kappa shape index (κ3) is 1.68. The van der Waals surface area contributed by atoms with Gasteiger partial charge in [0.15, 0.2) is 0 Å². The fraction of sp³-hybridized carbons (Fsp3) is 0.300. The summed E-state index contributed by atoms with van der Waals surface area (Å²) in [5.41, 5.74) is 0.759. The van der Waals surface area contributed by atoms with E-state index in [-0.39, 0.29) is 6.04 Å². The number of hydrogen-bond donors (Lipinski definition) is 1. The van der Waals surface area contributed by atoms with Crippen LogP contribution in [-0.2, 0) is 4.74 Å². The fourth-order valence-electron chi connectivity index (χ4n) is 1.24. The Balaban J connectivity index is 2.14. The predicted octanol–water partition coefficient (Wildman–Crippen LogP) is 1.51. The molecular formula is C10H9FN2O. The zero-order valence-electron chi connectivity index (χ0n) is 7.46. The van der Waals surface area contributed by atoms with E-state index >= 15 is 0 Å². The first-order valence-electron chi connectivity index (χ1n) is 4.33. The standard InChI is InChI=1S/C10H9FN2O/c11-9-3-7(4-12)1-2-10(9)13-8-5-14-6-8/h1-3,8,13H,5-6H2. The highest BCUT2D eigenvalue weighted by Gasteiger charge is 2.18. The Morgan fingerprint density at radius 2 is 2.29 bits per heavy atom. The van der Waals surface area contributed by atoms with E-state index < -0.39 is 5.82 Å². The summed E-state index contributed by atoms with van der Waals surface area (Å²) in [7, 11) is 0. The molecule has 14 heavy (non-hydrogen) atoms. The summed E-state index contributed by atoms with van der Waals surface area (Å²) in [6, 6.07) is 6.46. The van der Waals surface area contributed by atoms with Crippen LogP contribution in [0.5, 0.6) is 0 Å². The number of nitrogens with zero attached hydrogens (tertiary/aromatic N) is 1. The van der Waals surface area contributed by atoms with E-state index in [1.54, 1.807) is 12.1 Å². The van der Waals surface area contributed by atoms with Crippen LogP contribution >= 0.6 is 0 Å². The zero-order chi connectivity index (χ0) is 9.97. The Morgan fingerprint density at radius 1 is 1.50 bits per heavy atom. The van der Waals surface area contributed by atoms with Crippen LogP contribution in [0.3, 0.4) is 0 Å². The number of halogens is 1. The molecule has 1 aromatic carbocycles. The van der Waals surface area contributed by atoms with Crippen LogP contribution in [0, 0.1) is 17.1 Å². The molecule has 1 aromatic rings. The van der Waals surface area contributed by atoms with Gasteiger partial charge in [0.25, 0.3) is 0 Å². The average molecular weight is 192 g/mol. The van der Waals surface area contributed by atoms with E-state index in [1.807, 2.05) is 6.07 Å². The number of nitriles is 1. The molecule has 1 aliphatic rings. The molecule has 0 amide bonds. The van der Waals surface area contributed by atoms with E-state index in [0.29, 0.717) is 24.5 Å². The van der Waals surface area contributed by atoms with E-state index in [0.717, 1.165) is 0 Å². The van der Waals surface area contributed by atoms with Crippen LogP contribution in [0.15, 0.2) is 18.2 Å². The number of rotatable bonds is 2. The van der Waals surface area contributed by atoms with Crippen LogP contribution in [0.4, 0.5) is 10.1 Å². The maximum absolute atomic E-state index is 13.3. The van der Waals surface area contributed by atoms with E-state index in [2.05, 4.69) is 5.32 Å². The summed E-state index contributed by atoms with van der Waals surface area (Å²) in [5.74, 6) is -0.393. The number of ether oxygens (including phenoxy) is 1. The number of hydrogen-bond acceptors (Lipinski definition) is 3. The highest BCUT2D eigenvalue weighted by Crippen LogP contribution is 2.18. The molecule has 0 bridgehead atoms. The Bertz CT molecular complexity index is 382. The molecule has 0 radical (unpaired) electrons. The van der Waals surface area contributed by atoms with Gasteiger partial charge in [-0.3, -0.25) is 0 Å². The first-order chi connectivity index (χ1) is 6.79. The van der Waals surface area contributed by atoms with Gasteiger partial charge in [0.2, 0.25) is 0 Å². The molecular weight excluding hydrogens is 183 g/mol. The van der Waals surface area contributed by atoms with Crippen molar-refractivity contribution in [2.75, 3.05) is 18.5 Å². The van der Waals surface area contributed by atoms with Gasteiger partial charge in [-0.05, 0) is 18.2 Å². The molecule has 0 saturated carbocycles. The third-order valence-electron chi connectivity index (χ3n) is 2.10. The van der Waals surface area contributed by atoms with Gasteiger partial charge in [0, 0.05) is 0 Å². The predicted molar refractivity (Wildman–Crippen MR) is 49.3 cm³/mol. The Labute approximate surface area is 81.1 Å². The van der Waals surface area contributed by atoms with Crippen LogP contribution < -0.4 is 5.32 Å². The Morgan fingerprint density at radius 3 is 2.79 bits per heavy atom. The van der Waals surface area contributed by atoms with Crippen molar-refractivity contribution in [3.8, 4) is 6.07 Å². The molecule has 0 unspecified atom stereocenters. The Kier molecular flexibility index (Phi) is 2.33. The molecule has 0 aliphatic carbocycles. The quantitative estimate of drug-likeness (QED) is 0.772. The minimum Gasteiger partial charge on any atom is -0.377 e. The molecule has 3 nitrogen and oxygen atoms in total. The SMILES string of the molecule is N#Cc1ccc(NC2COC2)c(F)c1. The molecule has 2 rings (SSSR count). The lowest BCUT2D eigenvalue weighted by Gasteiger charge is -2.27. The molecule has 72 valence electrons. The largest absolute Gasteiger partial charge is 0.377 e. The first kappa shape index (κ1) is 8.97. The van der Waals surface area contributed by atoms with Crippen molar-refractivity contribution in [3.05, 3.63) is 29.6 Å². The lowest BCUT2D eigenvalue weighted by atomic mass is 10.2. The Hall–Kier alpha value is -1.60. The normalized spacial score (nSPS) is 15.7. The second-order valence-corrected chi connectivity index (χ2v) is 3.19. The van der Waals surface area contributed by atoms with Crippen LogP contribution in [0.25, 0.3) is 0 Å². The molecule has 1 N–H and O–H groups in total. The van der Waals surface area contributed by atoms with Crippen molar-refractivity contribution in [2.24, 2.45) is 0 Å². The van der Waals surface area contributed by atoms with Crippen LogP contribution in [0.1, 0.15) is 5.56 Å². The zero-order valence-corrected chi connectivity index (χ0v) is 7.46. The lowest BCUT2D eigenvalue weighted by Crippen LogP contribution is -2.40. The number of anilines is 1. The maximum Gasteiger partial charge on any atom is 0.147 e. The van der Waals surface area contributed by atoms with Gasteiger partial charge >= 0.3 is 0 Å². The summed E-state index contributed by atoms with van der Waals surface area (Å²) in [5, 5.41) is 11.5. The molecule has 1 fully saturated rings. The molecule has 1 aliphatic heterocycles. The second kappa shape index (κ2) is 3.64. The van der Waals surface area contributed by atoms with Crippen molar-refractivity contribution in [1.29, 1.82) is 5.26 Å². The highest BCUT2D eigenvalue weighted by molar-refractivity contribution is 5.49. The van der Waals surface area contributed by atoms with Gasteiger partial charge < -0.3 is 10.1 Å². The van der Waals surface area contributed by atoms with Crippen molar-refractivity contribution in [3.63, 3.8) is 0 Å². The number of nitrogens with one attached hydrogen (secondary N) is 1. The summed E-state index contributed by atoms with van der Waals surface area (Å²) >= 11 is 0. The fourth-order valence-corrected chi connectivity index (χ4v) is 1.24. The van der Waals surface area contributed by atoms with Gasteiger partial charge in [-0.2, -0.15) is 5.26 Å². The van der Waals surface area contributed by atoms with Gasteiger partial charge in [-0.15, -0.1) is 0 Å². The molecule has 0 spiro atoms. The smallest absolute Gasteiger partial charge is 0.147 e. The average Bonchev–Trinajstić information content (AvgIpc) is 2.13. The molecule has 0 atom stereocenters. The second-order valence-electron chi connectivity index (χ2n) is 3.19. The number of benzene rings is 1. The van der Waals surface area contributed by atoms with Crippen LogP contribution in [-0.4, -0.2) is 19.3 Å². The van der Waals surface area contributed by atoms with E-state index in [4.69, 9.17) is 10.00 Å². The molecule has 1 heterocycles. The molecule has 1 saturated heterocycles. The van der Waals surface area contributed by atoms with Gasteiger partial charge in [0.1, 0.15) is 5.82 Å². The topological polar surface area (TPSA) is 45.0 Å². The first-order valence-corrected chi connectivity index (χ1v) is 4.33. The third-order valence-corrected chi connectivity index (χ3v) is 2.10. The highest BCUT2D eigenvalue weighted by atomic mass is 19.1. The summed E-state index contributed by atoms with van der Waals surface area (Å²) in [6.45, 7) is 1.22. The van der Waals surface area contributed by atoms with Crippen molar-refractivity contribution in [1.82, 2.24) is 0 Å². The summed E-state index contributed by atoms with van der Waals surface area (Å²) in [4.78, 5) is 0. The van der Waals surface area contributed by atoms with Gasteiger partial charge in [-0.1, -0.05) is 0 Å². The molecule has 4 heteroatoms. The minimum absolute atomic E-state index is 0.192. The van der Waals surface area contributed by atoms with Crippen molar-refractivity contribution >= 4 is 5.69 Å². The van der Waals surface area contributed by atoms with Crippen molar-refractivity contribution in [2.45, 2.75) is 6.04 Å². The minimum atomic E-state index is -0.393. The van der Waals surface area contributed by atoms with Gasteiger partial charge in [-0.25, -0.2) is 4.39 Å². The van der Waals surface area contributed by atoms with E-state index in [1.165, 1.54) is 6.07 Å². The molecule has 0 aromatic heterocycles. The summed E-state index contributed by atoms with van der Waals surface area (Å²) in [6.07, 6.45) is 0. The summed E-state index contributed by atoms with van der Waals surface area (Å²) < 4.78 is 18.3. The van der Waals surface area contributed by atoms with Crippen LogP contribution in [0.2, 0.25) is 0 Å². The lowest BCUT2D eigenvalue weighted by molar-refractivity contribution is 0.0210. The maximum atomic E-state index is 13.3. The monoisotopic (exact) mass is 192 g/mol. The van der Waals surface area contributed by atoms with Gasteiger partial charge in [0.05, 0.1) is 36.6 Å². The van der Waals surface area contributed by atoms with E-state index in [9.17, 15) is 4.39 Å².